The van der Waals surface area contributed by atoms with Gasteiger partial charge >= 0.3 is 6.09 Å². The molecule has 0 saturated heterocycles. The lowest BCUT2D eigenvalue weighted by Crippen LogP contribution is -2.46. The minimum atomic E-state index is -0.581. The van der Waals surface area contributed by atoms with Gasteiger partial charge in [0.1, 0.15) is 5.75 Å². The van der Waals surface area contributed by atoms with Gasteiger partial charge < -0.3 is 14.8 Å². The smallest absolute Gasteiger partial charge is 0.411 e. The van der Waals surface area contributed by atoms with E-state index in [1.807, 2.05) is 24.3 Å². The molecule has 2 aromatic carbocycles. The molecule has 9 heteroatoms. The molecule has 4 N–H and O–H groups in total. The first-order valence-electron chi connectivity index (χ1n) is 8.52. The van der Waals surface area contributed by atoms with E-state index in [-0.39, 0.29) is 11.7 Å². The molecular formula is C19H22N4O4S. The summed E-state index contributed by atoms with van der Waals surface area (Å²) in [6, 6.07) is 14.0. The summed E-state index contributed by atoms with van der Waals surface area (Å²) in [5.74, 6) is 0.373. The number of hydrazine groups is 1. The third-order valence-corrected chi connectivity index (χ3v) is 3.79. The van der Waals surface area contributed by atoms with Crippen molar-refractivity contribution in [1.29, 1.82) is 0 Å². The fraction of sp³-hybridized carbons (Fsp3) is 0.211. The second-order valence-corrected chi connectivity index (χ2v) is 5.94. The Balaban J connectivity index is 1.80. The van der Waals surface area contributed by atoms with Crippen LogP contribution in [0.3, 0.4) is 0 Å². The highest BCUT2D eigenvalue weighted by Gasteiger charge is 2.08. The first-order chi connectivity index (χ1) is 13.5. The average Bonchev–Trinajstić information content (AvgIpc) is 2.71. The Hall–Kier alpha value is -3.33. The first kappa shape index (κ1) is 21.0. The molecule has 0 saturated carbocycles. The van der Waals surface area contributed by atoms with Gasteiger partial charge in [0, 0.05) is 17.8 Å². The monoisotopic (exact) mass is 402 g/mol. The van der Waals surface area contributed by atoms with Crippen LogP contribution in [0.15, 0.2) is 48.5 Å². The minimum absolute atomic E-state index is 0.261. The third kappa shape index (κ3) is 6.76. The number of nitrogens with one attached hydrogen (secondary N) is 4. The minimum Gasteiger partial charge on any atom is -0.497 e. The number of thiocarbonyl (C=S) groups is 1. The summed E-state index contributed by atoms with van der Waals surface area (Å²) in [6.07, 6.45) is -0.581. The Bertz CT molecular complexity index is 827. The molecule has 2 aromatic rings. The van der Waals surface area contributed by atoms with Crippen LogP contribution in [0.25, 0.3) is 0 Å². The van der Waals surface area contributed by atoms with Gasteiger partial charge in [-0.05, 0) is 55.0 Å². The van der Waals surface area contributed by atoms with Gasteiger partial charge in [-0.15, -0.1) is 0 Å². The number of carbonyl (C=O) groups is 2. The van der Waals surface area contributed by atoms with E-state index in [1.165, 1.54) is 6.07 Å². The Morgan fingerprint density at radius 2 is 1.82 bits per heavy atom. The van der Waals surface area contributed by atoms with Crippen LogP contribution in [0.2, 0.25) is 0 Å². The van der Waals surface area contributed by atoms with Crippen LogP contribution in [0.4, 0.5) is 10.5 Å². The molecule has 0 aliphatic rings. The highest BCUT2D eigenvalue weighted by Crippen LogP contribution is 2.11. The van der Waals surface area contributed by atoms with Crippen LogP contribution in [0.5, 0.6) is 5.75 Å². The number of methoxy groups -OCH3 is 1. The largest absolute Gasteiger partial charge is 0.497 e. The van der Waals surface area contributed by atoms with Gasteiger partial charge in [-0.2, -0.15) is 0 Å². The van der Waals surface area contributed by atoms with Crippen molar-refractivity contribution < 1.29 is 19.1 Å². The molecule has 0 radical (unpaired) electrons. The molecule has 0 fully saturated rings. The highest BCUT2D eigenvalue weighted by molar-refractivity contribution is 7.80. The van der Waals surface area contributed by atoms with Crippen LogP contribution < -0.4 is 26.2 Å². The molecule has 0 aromatic heterocycles. The maximum atomic E-state index is 12.2. The topological polar surface area (TPSA) is 101 Å². The molecule has 0 atom stereocenters. The molecule has 28 heavy (non-hydrogen) atoms. The van der Waals surface area contributed by atoms with E-state index in [0.29, 0.717) is 17.8 Å². The van der Waals surface area contributed by atoms with Crippen molar-refractivity contribution >= 4 is 35.0 Å². The summed E-state index contributed by atoms with van der Waals surface area (Å²) in [7, 11) is 1.61. The van der Waals surface area contributed by atoms with Crippen LogP contribution in [-0.4, -0.2) is 30.8 Å². The maximum absolute atomic E-state index is 12.2. The molecule has 148 valence electrons. The van der Waals surface area contributed by atoms with E-state index in [1.54, 1.807) is 32.2 Å². The Morgan fingerprint density at radius 3 is 2.50 bits per heavy atom. The predicted molar refractivity (Wildman–Crippen MR) is 110 cm³/mol. The summed E-state index contributed by atoms with van der Waals surface area (Å²) in [5.41, 5.74) is 6.95. The van der Waals surface area contributed by atoms with Crippen molar-refractivity contribution in [2.24, 2.45) is 0 Å². The molecule has 0 aliphatic heterocycles. The summed E-state index contributed by atoms with van der Waals surface area (Å²) in [4.78, 5) is 23.7. The maximum Gasteiger partial charge on any atom is 0.411 e. The molecule has 0 aliphatic carbocycles. The van der Waals surface area contributed by atoms with Gasteiger partial charge in [0.2, 0.25) is 0 Å². The van der Waals surface area contributed by atoms with Crippen molar-refractivity contribution in [3.05, 3.63) is 59.7 Å². The quantitative estimate of drug-likeness (QED) is 0.435. The van der Waals surface area contributed by atoms with Crippen molar-refractivity contribution in [3.63, 3.8) is 0 Å². The van der Waals surface area contributed by atoms with Gasteiger partial charge in [-0.25, -0.2) is 4.79 Å². The van der Waals surface area contributed by atoms with E-state index < -0.39 is 12.0 Å². The lowest BCUT2D eigenvalue weighted by molar-refractivity contribution is 0.0943. The number of carbonyl (C=O) groups excluding carboxylic acids is 2. The number of benzene rings is 2. The second-order valence-electron chi connectivity index (χ2n) is 5.54. The standard InChI is InChI=1S/C19H22N4O4S/c1-3-27-19(25)21-15-6-4-5-14(11-15)17(24)22-23-18(28)20-12-13-7-9-16(26-2)10-8-13/h4-11H,3,12H2,1-2H3,(H,21,25)(H,22,24)(H2,20,23,28). The Kier molecular flexibility index (Phi) is 8.04. The van der Waals surface area contributed by atoms with Crippen molar-refractivity contribution in [1.82, 2.24) is 16.2 Å². The molecule has 2 rings (SSSR count). The molecule has 0 spiro atoms. The lowest BCUT2D eigenvalue weighted by atomic mass is 10.2. The molecule has 0 bridgehead atoms. The van der Waals surface area contributed by atoms with Gasteiger partial charge in [0.25, 0.3) is 5.91 Å². The van der Waals surface area contributed by atoms with Crippen LogP contribution >= 0.6 is 12.2 Å². The van der Waals surface area contributed by atoms with Crippen LogP contribution in [-0.2, 0) is 11.3 Å². The van der Waals surface area contributed by atoms with Crippen LogP contribution in [0.1, 0.15) is 22.8 Å². The summed E-state index contributed by atoms with van der Waals surface area (Å²) in [5, 5.41) is 5.80. The SMILES string of the molecule is CCOC(=O)Nc1cccc(C(=O)NNC(=S)NCc2ccc(OC)cc2)c1. The fourth-order valence-electron chi connectivity index (χ4n) is 2.18. The van der Waals surface area contributed by atoms with Crippen molar-refractivity contribution in [2.45, 2.75) is 13.5 Å². The number of amides is 2. The normalized spacial score (nSPS) is 9.79. The number of rotatable bonds is 6. The summed E-state index contributed by atoms with van der Waals surface area (Å²) >= 11 is 5.15. The fourth-order valence-corrected chi connectivity index (χ4v) is 2.30. The number of anilines is 1. The molecule has 0 heterocycles. The number of hydrogen-bond donors (Lipinski definition) is 4. The second kappa shape index (κ2) is 10.7. The molecule has 0 unspecified atom stereocenters. The first-order valence-corrected chi connectivity index (χ1v) is 8.93. The van der Waals surface area contributed by atoms with Crippen molar-refractivity contribution in [3.8, 4) is 5.75 Å². The highest BCUT2D eigenvalue weighted by atomic mass is 32.1. The Morgan fingerprint density at radius 1 is 1.07 bits per heavy atom. The van der Waals surface area contributed by atoms with Gasteiger partial charge in [-0.3, -0.25) is 21.0 Å². The molecule has 2 amide bonds. The van der Waals surface area contributed by atoms with Gasteiger partial charge in [0.15, 0.2) is 5.11 Å². The zero-order valence-corrected chi connectivity index (χ0v) is 16.4. The summed E-state index contributed by atoms with van der Waals surface area (Å²) < 4.78 is 9.91. The number of ether oxygens (including phenoxy) is 2. The van der Waals surface area contributed by atoms with E-state index in [2.05, 4.69) is 21.5 Å². The third-order valence-electron chi connectivity index (χ3n) is 3.55. The Labute approximate surface area is 168 Å². The molecule has 8 nitrogen and oxygen atoms in total. The predicted octanol–water partition coefficient (Wildman–Crippen LogP) is 2.57. The van der Waals surface area contributed by atoms with Crippen LogP contribution in [0, 0.1) is 0 Å². The van der Waals surface area contributed by atoms with E-state index in [9.17, 15) is 9.59 Å². The lowest BCUT2D eigenvalue weighted by Gasteiger charge is -2.12. The zero-order valence-electron chi connectivity index (χ0n) is 15.6. The van der Waals surface area contributed by atoms with E-state index in [4.69, 9.17) is 21.7 Å². The van der Waals surface area contributed by atoms with Gasteiger partial charge in [-0.1, -0.05) is 18.2 Å². The molecular weight excluding hydrogens is 380 g/mol. The van der Waals surface area contributed by atoms with Crippen molar-refractivity contribution in [2.75, 3.05) is 19.0 Å². The average molecular weight is 402 g/mol. The van der Waals surface area contributed by atoms with Gasteiger partial charge in [0.05, 0.1) is 13.7 Å². The summed E-state index contributed by atoms with van der Waals surface area (Å²) in [6.45, 7) is 2.46. The number of hydrogen-bond acceptors (Lipinski definition) is 5. The van der Waals surface area contributed by atoms with E-state index >= 15 is 0 Å². The zero-order chi connectivity index (χ0) is 20.4. The van der Waals surface area contributed by atoms with E-state index in [0.717, 1.165) is 11.3 Å².